The summed E-state index contributed by atoms with van der Waals surface area (Å²) in [6.07, 6.45) is 5.29. The number of carbonyl (C=O) groups is 2. The first kappa shape index (κ1) is 15.6. The van der Waals surface area contributed by atoms with Crippen LogP contribution in [0.4, 0.5) is 5.95 Å². The molecule has 1 unspecified atom stereocenters. The molecule has 4 rings (SSSR count). The van der Waals surface area contributed by atoms with Crippen LogP contribution in [0.2, 0.25) is 0 Å². The Morgan fingerprint density at radius 2 is 1.84 bits per heavy atom. The van der Waals surface area contributed by atoms with Crippen molar-refractivity contribution in [3.05, 3.63) is 42.5 Å². The molecule has 0 bridgehead atoms. The molecule has 2 aliphatic rings. The maximum atomic E-state index is 13.0. The van der Waals surface area contributed by atoms with Crippen molar-refractivity contribution in [2.45, 2.75) is 12.6 Å². The van der Waals surface area contributed by atoms with Gasteiger partial charge in [0.1, 0.15) is 11.7 Å². The summed E-state index contributed by atoms with van der Waals surface area (Å²) in [5, 5.41) is 0. The number of nitrogens with zero attached hydrogens (tertiary/aromatic N) is 6. The molecule has 4 heterocycles. The summed E-state index contributed by atoms with van der Waals surface area (Å²) in [6, 6.07) is 4.96. The van der Waals surface area contributed by atoms with E-state index in [9.17, 15) is 9.59 Å². The highest BCUT2D eigenvalue weighted by atomic mass is 16.2. The molecule has 8 heteroatoms. The summed E-state index contributed by atoms with van der Waals surface area (Å²) < 4.78 is 1.86. The number of anilines is 1. The normalized spacial score (nSPS) is 20.6. The van der Waals surface area contributed by atoms with Gasteiger partial charge in [0.2, 0.25) is 11.9 Å². The number of hydrogen-bond acceptors (Lipinski definition) is 5. The predicted octanol–water partition coefficient (Wildman–Crippen LogP) is 0.0811. The fraction of sp³-hybridized carbons (Fsp3) is 0.412. The molecule has 1 fully saturated rings. The number of rotatable bonds is 2. The van der Waals surface area contributed by atoms with Gasteiger partial charge in [0.05, 0.1) is 6.54 Å². The molecule has 2 aromatic rings. The number of likely N-dealkylation sites (N-methyl/N-ethyl adjacent to an activating group) is 1. The molecule has 25 heavy (non-hydrogen) atoms. The summed E-state index contributed by atoms with van der Waals surface area (Å²) in [5.74, 6) is 0.589. The van der Waals surface area contributed by atoms with E-state index in [4.69, 9.17) is 0 Å². The quantitative estimate of drug-likeness (QED) is 0.774. The van der Waals surface area contributed by atoms with Crippen molar-refractivity contribution in [1.82, 2.24) is 24.3 Å². The Balaban J connectivity index is 1.43. The molecule has 0 saturated carbocycles. The first-order valence-electron chi connectivity index (χ1n) is 8.38. The van der Waals surface area contributed by atoms with Crippen LogP contribution in [-0.2, 0) is 11.3 Å². The van der Waals surface area contributed by atoms with E-state index in [0.717, 1.165) is 0 Å². The van der Waals surface area contributed by atoms with Crippen LogP contribution in [-0.4, -0.2) is 75.4 Å². The van der Waals surface area contributed by atoms with Crippen molar-refractivity contribution >= 4 is 17.8 Å². The molecule has 0 N–H and O–H groups in total. The van der Waals surface area contributed by atoms with E-state index in [-0.39, 0.29) is 11.8 Å². The second-order valence-corrected chi connectivity index (χ2v) is 6.34. The minimum absolute atomic E-state index is 0.00355. The largest absolute Gasteiger partial charge is 0.341 e. The van der Waals surface area contributed by atoms with E-state index in [2.05, 4.69) is 14.9 Å². The summed E-state index contributed by atoms with van der Waals surface area (Å²) in [5.41, 5.74) is 0.637. The van der Waals surface area contributed by atoms with Crippen LogP contribution in [0.3, 0.4) is 0 Å². The van der Waals surface area contributed by atoms with Crippen LogP contribution >= 0.6 is 0 Å². The molecule has 8 nitrogen and oxygen atoms in total. The fourth-order valence-corrected chi connectivity index (χ4v) is 3.43. The van der Waals surface area contributed by atoms with E-state index in [1.807, 2.05) is 21.7 Å². The number of amides is 2. The standard InChI is InChI=1S/C17H20N6O2/c1-20-14(12-23-7-2-4-13(23)15(20)24)16(25)21-8-10-22(11-9-21)17-18-5-3-6-19-17/h2-7,14H,8-12H2,1H3. The van der Waals surface area contributed by atoms with Gasteiger partial charge >= 0.3 is 0 Å². The number of aromatic nitrogens is 3. The Kier molecular flexibility index (Phi) is 3.87. The molecule has 2 aliphatic heterocycles. The zero-order valence-electron chi connectivity index (χ0n) is 14.1. The highest BCUT2D eigenvalue weighted by molar-refractivity contribution is 5.97. The lowest BCUT2D eigenvalue weighted by Gasteiger charge is -2.39. The topological polar surface area (TPSA) is 74.6 Å². The summed E-state index contributed by atoms with van der Waals surface area (Å²) in [7, 11) is 1.70. The summed E-state index contributed by atoms with van der Waals surface area (Å²) in [6.45, 7) is 3.09. The SMILES string of the molecule is CN1C(=O)c2cccn2CC1C(=O)N1CCN(c2ncccn2)CC1. The van der Waals surface area contributed by atoms with Gasteiger partial charge in [-0.25, -0.2) is 9.97 Å². The maximum absolute atomic E-state index is 13.0. The molecule has 130 valence electrons. The Morgan fingerprint density at radius 1 is 1.12 bits per heavy atom. The van der Waals surface area contributed by atoms with Gasteiger partial charge in [0.15, 0.2) is 0 Å². The van der Waals surface area contributed by atoms with Crippen LogP contribution in [0.5, 0.6) is 0 Å². The van der Waals surface area contributed by atoms with Crippen molar-refractivity contribution in [3.8, 4) is 0 Å². The second kappa shape index (κ2) is 6.19. The number of fused-ring (bicyclic) bond motifs is 1. The summed E-state index contributed by atoms with van der Waals surface area (Å²) in [4.78, 5) is 39.4. The van der Waals surface area contributed by atoms with Crippen molar-refractivity contribution in [1.29, 1.82) is 0 Å². The van der Waals surface area contributed by atoms with Crippen LogP contribution in [0.25, 0.3) is 0 Å². The Morgan fingerprint density at radius 3 is 2.56 bits per heavy atom. The monoisotopic (exact) mass is 340 g/mol. The third kappa shape index (κ3) is 2.73. The molecule has 2 amide bonds. The molecular formula is C17H20N6O2. The zero-order valence-corrected chi connectivity index (χ0v) is 14.1. The lowest BCUT2D eigenvalue weighted by molar-refractivity contribution is -0.136. The predicted molar refractivity (Wildman–Crippen MR) is 91.1 cm³/mol. The van der Waals surface area contributed by atoms with E-state index >= 15 is 0 Å². The molecular weight excluding hydrogens is 320 g/mol. The van der Waals surface area contributed by atoms with Crippen molar-refractivity contribution < 1.29 is 9.59 Å². The van der Waals surface area contributed by atoms with Crippen molar-refractivity contribution in [2.24, 2.45) is 0 Å². The van der Waals surface area contributed by atoms with E-state index in [1.54, 1.807) is 36.5 Å². The minimum atomic E-state index is -0.452. The molecule has 1 saturated heterocycles. The third-order valence-electron chi connectivity index (χ3n) is 4.92. The highest BCUT2D eigenvalue weighted by Gasteiger charge is 2.37. The molecule has 0 aromatic carbocycles. The van der Waals surface area contributed by atoms with Gasteiger partial charge in [-0.2, -0.15) is 0 Å². The molecule has 1 atom stereocenters. The zero-order chi connectivity index (χ0) is 17.4. The Labute approximate surface area is 145 Å². The minimum Gasteiger partial charge on any atom is -0.341 e. The van der Waals surface area contributed by atoms with E-state index in [0.29, 0.717) is 44.4 Å². The van der Waals surface area contributed by atoms with Gasteiger partial charge in [0.25, 0.3) is 5.91 Å². The third-order valence-corrected chi connectivity index (χ3v) is 4.92. The first-order chi connectivity index (χ1) is 12.1. The second-order valence-electron chi connectivity index (χ2n) is 6.34. The smallest absolute Gasteiger partial charge is 0.270 e. The van der Waals surface area contributed by atoms with Gasteiger partial charge in [-0.3, -0.25) is 9.59 Å². The Hall–Kier alpha value is -2.90. The van der Waals surface area contributed by atoms with E-state index < -0.39 is 6.04 Å². The van der Waals surface area contributed by atoms with Gasteiger partial charge in [-0.15, -0.1) is 0 Å². The molecule has 0 aliphatic carbocycles. The average molecular weight is 340 g/mol. The highest BCUT2D eigenvalue weighted by Crippen LogP contribution is 2.19. The van der Waals surface area contributed by atoms with Gasteiger partial charge in [0, 0.05) is 51.8 Å². The Bertz CT molecular complexity index is 781. The molecule has 0 spiro atoms. The van der Waals surface area contributed by atoms with Crippen molar-refractivity contribution in [2.75, 3.05) is 38.1 Å². The average Bonchev–Trinajstić information content (AvgIpc) is 3.14. The van der Waals surface area contributed by atoms with Crippen LogP contribution in [0, 0.1) is 0 Å². The summed E-state index contributed by atoms with van der Waals surface area (Å²) >= 11 is 0. The fourth-order valence-electron chi connectivity index (χ4n) is 3.43. The van der Waals surface area contributed by atoms with Crippen LogP contribution in [0.15, 0.2) is 36.8 Å². The van der Waals surface area contributed by atoms with E-state index in [1.165, 1.54) is 0 Å². The molecule has 0 radical (unpaired) electrons. The lowest BCUT2D eigenvalue weighted by atomic mass is 10.1. The lowest BCUT2D eigenvalue weighted by Crippen LogP contribution is -2.58. The van der Waals surface area contributed by atoms with Gasteiger partial charge < -0.3 is 19.3 Å². The van der Waals surface area contributed by atoms with Crippen LogP contribution in [0.1, 0.15) is 10.5 Å². The van der Waals surface area contributed by atoms with Crippen molar-refractivity contribution in [3.63, 3.8) is 0 Å². The maximum Gasteiger partial charge on any atom is 0.270 e. The van der Waals surface area contributed by atoms with Gasteiger partial charge in [-0.1, -0.05) is 0 Å². The first-order valence-corrected chi connectivity index (χ1v) is 8.38. The van der Waals surface area contributed by atoms with Gasteiger partial charge in [-0.05, 0) is 18.2 Å². The number of carbonyl (C=O) groups excluding carboxylic acids is 2. The number of piperazine rings is 1. The number of hydrogen-bond donors (Lipinski definition) is 0. The van der Waals surface area contributed by atoms with Crippen LogP contribution < -0.4 is 4.90 Å². The molecule has 2 aromatic heterocycles.